The van der Waals surface area contributed by atoms with Gasteiger partial charge in [-0.05, 0) is 13.8 Å². The molecule has 1 aliphatic rings. The SMILES string of the molecule is CC1(C)CNCCN1Cc1ncc(Cl)s1. The van der Waals surface area contributed by atoms with Crippen LogP contribution in [0.4, 0.5) is 0 Å². The zero-order valence-electron chi connectivity index (χ0n) is 9.09. The summed E-state index contributed by atoms with van der Waals surface area (Å²) in [4.78, 5) is 6.76. The molecular formula is C10H16ClN3S. The van der Waals surface area contributed by atoms with Crippen molar-refractivity contribution in [2.45, 2.75) is 25.9 Å². The molecule has 2 rings (SSSR count). The fourth-order valence-corrected chi connectivity index (χ4v) is 2.81. The van der Waals surface area contributed by atoms with Crippen molar-refractivity contribution in [2.24, 2.45) is 0 Å². The van der Waals surface area contributed by atoms with Gasteiger partial charge in [0.25, 0.3) is 0 Å². The summed E-state index contributed by atoms with van der Waals surface area (Å²) in [7, 11) is 0. The van der Waals surface area contributed by atoms with E-state index in [0.29, 0.717) is 0 Å². The van der Waals surface area contributed by atoms with E-state index in [9.17, 15) is 0 Å². The van der Waals surface area contributed by atoms with Crippen molar-refractivity contribution in [3.8, 4) is 0 Å². The van der Waals surface area contributed by atoms with Gasteiger partial charge in [-0.3, -0.25) is 4.90 Å². The van der Waals surface area contributed by atoms with Crippen molar-refractivity contribution < 1.29 is 0 Å². The Bertz CT molecular complexity index is 337. The zero-order valence-corrected chi connectivity index (χ0v) is 10.7. The third-order valence-electron chi connectivity index (χ3n) is 2.82. The first-order chi connectivity index (χ1) is 7.08. The summed E-state index contributed by atoms with van der Waals surface area (Å²) in [5.41, 5.74) is 0.205. The normalized spacial score (nSPS) is 21.8. The standard InChI is InChI=1S/C10H16ClN3S/c1-10(2)7-12-3-4-14(10)6-9-13-5-8(11)15-9/h5,12H,3-4,6-7H2,1-2H3. The quantitative estimate of drug-likeness (QED) is 0.864. The number of thiazole rings is 1. The summed E-state index contributed by atoms with van der Waals surface area (Å²) < 4.78 is 0.776. The first-order valence-corrected chi connectivity index (χ1v) is 6.33. The maximum Gasteiger partial charge on any atom is 0.113 e. The van der Waals surface area contributed by atoms with Gasteiger partial charge in [0.2, 0.25) is 0 Å². The van der Waals surface area contributed by atoms with E-state index in [2.05, 4.69) is 29.0 Å². The highest BCUT2D eigenvalue weighted by atomic mass is 35.5. The first kappa shape index (κ1) is 11.3. The fraction of sp³-hybridized carbons (Fsp3) is 0.700. The molecule has 0 bridgehead atoms. The van der Waals surface area contributed by atoms with Crippen LogP contribution < -0.4 is 5.32 Å². The van der Waals surface area contributed by atoms with Crippen LogP contribution in [0, 0.1) is 0 Å². The molecule has 1 aromatic heterocycles. The highest BCUT2D eigenvalue weighted by Gasteiger charge is 2.29. The van der Waals surface area contributed by atoms with Crippen molar-refractivity contribution in [2.75, 3.05) is 19.6 Å². The Balaban J connectivity index is 2.04. The van der Waals surface area contributed by atoms with Crippen LogP contribution in [0.15, 0.2) is 6.20 Å². The Labute approximate surface area is 99.5 Å². The van der Waals surface area contributed by atoms with E-state index in [1.807, 2.05) is 0 Å². The average molecular weight is 246 g/mol. The van der Waals surface area contributed by atoms with Gasteiger partial charge in [-0.15, -0.1) is 11.3 Å². The molecule has 0 aromatic carbocycles. The number of aromatic nitrogens is 1. The molecule has 0 spiro atoms. The van der Waals surface area contributed by atoms with E-state index in [0.717, 1.165) is 35.5 Å². The molecule has 1 fully saturated rings. The Morgan fingerprint density at radius 1 is 1.67 bits per heavy atom. The second-order valence-electron chi connectivity index (χ2n) is 4.47. The largest absolute Gasteiger partial charge is 0.314 e. The molecule has 0 atom stereocenters. The lowest BCUT2D eigenvalue weighted by Crippen LogP contribution is -2.57. The van der Waals surface area contributed by atoms with Crippen molar-refractivity contribution in [1.82, 2.24) is 15.2 Å². The van der Waals surface area contributed by atoms with Gasteiger partial charge in [-0.1, -0.05) is 11.6 Å². The van der Waals surface area contributed by atoms with Crippen molar-refractivity contribution in [3.63, 3.8) is 0 Å². The first-order valence-electron chi connectivity index (χ1n) is 5.14. The minimum atomic E-state index is 0.205. The second-order valence-corrected chi connectivity index (χ2v) is 6.22. The van der Waals surface area contributed by atoms with Crippen LogP contribution in [0.5, 0.6) is 0 Å². The molecule has 1 aromatic rings. The maximum absolute atomic E-state index is 5.87. The van der Waals surface area contributed by atoms with Crippen LogP contribution >= 0.6 is 22.9 Å². The van der Waals surface area contributed by atoms with E-state index < -0.39 is 0 Å². The topological polar surface area (TPSA) is 28.2 Å². The predicted octanol–water partition coefficient (Wildman–Crippen LogP) is 1.98. The molecule has 5 heteroatoms. The molecule has 0 aliphatic carbocycles. The van der Waals surface area contributed by atoms with Gasteiger partial charge in [0.1, 0.15) is 9.34 Å². The lowest BCUT2D eigenvalue weighted by molar-refractivity contribution is 0.0827. The number of halogens is 1. The van der Waals surface area contributed by atoms with Gasteiger partial charge >= 0.3 is 0 Å². The van der Waals surface area contributed by atoms with E-state index in [1.165, 1.54) is 0 Å². The van der Waals surface area contributed by atoms with E-state index in [-0.39, 0.29) is 5.54 Å². The predicted molar refractivity (Wildman–Crippen MR) is 64.5 cm³/mol. The van der Waals surface area contributed by atoms with Crippen molar-refractivity contribution in [1.29, 1.82) is 0 Å². The highest BCUT2D eigenvalue weighted by Crippen LogP contribution is 2.23. The van der Waals surface area contributed by atoms with Gasteiger partial charge < -0.3 is 5.32 Å². The zero-order chi connectivity index (χ0) is 10.9. The van der Waals surface area contributed by atoms with E-state index in [1.54, 1.807) is 17.5 Å². The Hall–Kier alpha value is -0.160. The monoisotopic (exact) mass is 245 g/mol. The molecule has 0 radical (unpaired) electrons. The number of piperazine rings is 1. The number of nitrogens with zero attached hydrogens (tertiary/aromatic N) is 2. The summed E-state index contributed by atoms with van der Waals surface area (Å²) in [6, 6.07) is 0. The number of hydrogen-bond acceptors (Lipinski definition) is 4. The second kappa shape index (κ2) is 4.37. The molecule has 15 heavy (non-hydrogen) atoms. The summed E-state index contributed by atoms with van der Waals surface area (Å²) in [5.74, 6) is 0. The summed E-state index contributed by atoms with van der Waals surface area (Å²) in [6.45, 7) is 8.59. The number of rotatable bonds is 2. The summed E-state index contributed by atoms with van der Waals surface area (Å²) in [5, 5.41) is 4.52. The third kappa shape index (κ3) is 2.69. The van der Waals surface area contributed by atoms with Crippen LogP contribution in [-0.2, 0) is 6.54 Å². The van der Waals surface area contributed by atoms with Gasteiger partial charge in [0, 0.05) is 25.2 Å². The summed E-state index contributed by atoms with van der Waals surface area (Å²) >= 11 is 7.45. The van der Waals surface area contributed by atoms with E-state index >= 15 is 0 Å². The van der Waals surface area contributed by atoms with Gasteiger partial charge in [-0.2, -0.15) is 0 Å². The number of nitrogens with one attached hydrogen (secondary N) is 1. The summed E-state index contributed by atoms with van der Waals surface area (Å²) in [6.07, 6.45) is 1.73. The van der Waals surface area contributed by atoms with Gasteiger partial charge in [-0.25, -0.2) is 4.98 Å². The molecule has 1 aliphatic heterocycles. The molecule has 1 saturated heterocycles. The van der Waals surface area contributed by atoms with Crippen LogP contribution in [0.1, 0.15) is 18.9 Å². The fourth-order valence-electron chi connectivity index (χ4n) is 1.84. The van der Waals surface area contributed by atoms with Crippen LogP contribution in [0.2, 0.25) is 4.34 Å². The third-order valence-corrected chi connectivity index (χ3v) is 3.92. The smallest absolute Gasteiger partial charge is 0.113 e. The van der Waals surface area contributed by atoms with Crippen LogP contribution in [-0.4, -0.2) is 35.1 Å². The van der Waals surface area contributed by atoms with E-state index in [4.69, 9.17) is 11.6 Å². The molecule has 0 unspecified atom stereocenters. The minimum Gasteiger partial charge on any atom is -0.314 e. The van der Waals surface area contributed by atoms with Crippen molar-refractivity contribution in [3.05, 3.63) is 15.5 Å². The molecular weight excluding hydrogens is 230 g/mol. The average Bonchev–Trinajstić information content (AvgIpc) is 2.55. The Morgan fingerprint density at radius 2 is 2.47 bits per heavy atom. The molecule has 2 heterocycles. The van der Waals surface area contributed by atoms with Crippen LogP contribution in [0.25, 0.3) is 0 Å². The number of hydrogen-bond donors (Lipinski definition) is 1. The molecule has 1 N–H and O–H groups in total. The van der Waals surface area contributed by atoms with Gasteiger partial charge in [0.15, 0.2) is 0 Å². The minimum absolute atomic E-state index is 0.205. The lowest BCUT2D eigenvalue weighted by atomic mass is 10.0. The van der Waals surface area contributed by atoms with Gasteiger partial charge in [0.05, 0.1) is 12.7 Å². The maximum atomic E-state index is 5.87. The molecule has 3 nitrogen and oxygen atoms in total. The Morgan fingerprint density at radius 3 is 3.07 bits per heavy atom. The van der Waals surface area contributed by atoms with Crippen LogP contribution in [0.3, 0.4) is 0 Å². The molecule has 84 valence electrons. The molecule has 0 saturated carbocycles. The van der Waals surface area contributed by atoms with Crippen molar-refractivity contribution >= 4 is 22.9 Å². The Kier molecular flexibility index (Phi) is 3.30. The highest BCUT2D eigenvalue weighted by molar-refractivity contribution is 7.15. The molecule has 0 amide bonds. The lowest BCUT2D eigenvalue weighted by Gasteiger charge is -2.42.